The Morgan fingerprint density at radius 2 is 2.10 bits per heavy atom. The zero-order chi connectivity index (χ0) is 15.2. The molecule has 1 aromatic carbocycles. The van der Waals surface area contributed by atoms with Crippen LogP contribution in [-0.4, -0.2) is 24.4 Å². The number of thiophene rings is 1. The summed E-state index contributed by atoms with van der Waals surface area (Å²) in [7, 11) is 0. The molecule has 0 aliphatic carbocycles. The molecule has 3 nitrogen and oxygen atoms in total. The van der Waals surface area contributed by atoms with Crippen LogP contribution < -0.4 is 10.1 Å². The number of benzene rings is 1. The highest BCUT2D eigenvalue weighted by Gasteiger charge is 2.07. The smallest absolute Gasteiger partial charge is 0.138 e. The SMILES string of the molecule is Cc1cc(CNCC(O)COc2ccccc2Cl)sc1C. The summed E-state index contributed by atoms with van der Waals surface area (Å²) in [6, 6.07) is 9.44. The summed E-state index contributed by atoms with van der Waals surface area (Å²) in [6.45, 7) is 5.71. The Hall–Kier alpha value is -1.07. The van der Waals surface area contributed by atoms with Gasteiger partial charge in [-0.15, -0.1) is 11.3 Å². The van der Waals surface area contributed by atoms with Gasteiger partial charge in [0.15, 0.2) is 0 Å². The van der Waals surface area contributed by atoms with E-state index in [9.17, 15) is 5.11 Å². The van der Waals surface area contributed by atoms with Gasteiger partial charge in [-0.25, -0.2) is 0 Å². The maximum atomic E-state index is 9.91. The molecule has 0 fully saturated rings. The summed E-state index contributed by atoms with van der Waals surface area (Å²) in [6.07, 6.45) is -0.566. The number of hydrogen-bond donors (Lipinski definition) is 2. The standard InChI is InChI=1S/C16H20ClNO2S/c1-11-7-14(21-12(11)2)9-18-8-13(19)10-20-16-6-4-3-5-15(16)17/h3-7,13,18-19H,8-10H2,1-2H3. The lowest BCUT2D eigenvalue weighted by atomic mass is 10.3. The number of ether oxygens (including phenoxy) is 1. The van der Waals surface area contributed by atoms with Crippen molar-refractivity contribution in [2.24, 2.45) is 0 Å². The number of aliphatic hydroxyl groups is 1. The van der Waals surface area contributed by atoms with Crippen LogP contribution in [0.15, 0.2) is 30.3 Å². The molecule has 0 spiro atoms. The van der Waals surface area contributed by atoms with Crippen molar-refractivity contribution in [2.75, 3.05) is 13.2 Å². The molecule has 0 bridgehead atoms. The van der Waals surface area contributed by atoms with Crippen molar-refractivity contribution in [3.05, 3.63) is 50.7 Å². The molecule has 0 aliphatic rings. The molecule has 1 atom stereocenters. The zero-order valence-electron chi connectivity index (χ0n) is 12.2. The fraction of sp³-hybridized carbons (Fsp3) is 0.375. The second kappa shape index (κ2) is 7.80. The van der Waals surface area contributed by atoms with Crippen molar-refractivity contribution in [1.29, 1.82) is 0 Å². The van der Waals surface area contributed by atoms with Gasteiger partial charge in [0.2, 0.25) is 0 Å². The molecular weight excluding hydrogens is 306 g/mol. The van der Waals surface area contributed by atoms with Crippen LogP contribution in [0, 0.1) is 13.8 Å². The van der Waals surface area contributed by atoms with Gasteiger partial charge in [-0.3, -0.25) is 0 Å². The molecule has 21 heavy (non-hydrogen) atoms. The van der Waals surface area contributed by atoms with E-state index in [-0.39, 0.29) is 6.61 Å². The molecule has 1 unspecified atom stereocenters. The summed E-state index contributed by atoms with van der Waals surface area (Å²) in [4.78, 5) is 2.62. The molecule has 0 saturated heterocycles. The number of rotatable bonds is 7. The van der Waals surface area contributed by atoms with Crippen molar-refractivity contribution in [3.8, 4) is 5.75 Å². The molecule has 0 amide bonds. The van der Waals surface area contributed by atoms with Crippen LogP contribution in [0.4, 0.5) is 0 Å². The average molecular weight is 326 g/mol. The van der Waals surface area contributed by atoms with E-state index in [0.717, 1.165) is 6.54 Å². The second-order valence-corrected chi connectivity index (χ2v) is 6.73. The van der Waals surface area contributed by atoms with Crippen LogP contribution in [0.3, 0.4) is 0 Å². The topological polar surface area (TPSA) is 41.5 Å². The Bertz CT molecular complexity index is 566. The number of hydrogen-bond acceptors (Lipinski definition) is 4. The van der Waals surface area contributed by atoms with Crippen molar-refractivity contribution < 1.29 is 9.84 Å². The molecule has 1 heterocycles. The zero-order valence-corrected chi connectivity index (χ0v) is 13.8. The first-order valence-corrected chi connectivity index (χ1v) is 8.07. The molecule has 0 radical (unpaired) electrons. The minimum absolute atomic E-state index is 0.221. The molecule has 2 N–H and O–H groups in total. The van der Waals surface area contributed by atoms with E-state index < -0.39 is 6.10 Å². The van der Waals surface area contributed by atoms with E-state index >= 15 is 0 Å². The lowest BCUT2D eigenvalue weighted by Crippen LogP contribution is -2.31. The molecule has 1 aromatic heterocycles. The lowest BCUT2D eigenvalue weighted by molar-refractivity contribution is 0.106. The number of halogens is 1. The molecule has 0 aliphatic heterocycles. The summed E-state index contributed by atoms with van der Waals surface area (Å²) < 4.78 is 5.51. The van der Waals surface area contributed by atoms with E-state index in [2.05, 4.69) is 25.2 Å². The van der Waals surface area contributed by atoms with Gasteiger partial charge in [-0.05, 0) is 37.6 Å². The van der Waals surface area contributed by atoms with E-state index in [4.69, 9.17) is 16.3 Å². The Kier molecular flexibility index (Phi) is 6.06. The van der Waals surface area contributed by atoms with Crippen LogP contribution >= 0.6 is 22.9 Å². The fourth-order valence-corrected chi connectivity index (χ4v) is 3.12. The van der Waals surface area contributed by atoms with Crippen LogP contribution in [-0.2, 0) is 6.54 Å². The molecule has 2 rings (SSSR count). The Morgan fingerprint density at radius 1 is 1.33 bits per heavy atom. The van der Waals surface area contributed by atoms with Gasteiger partial charge in [0, 0.05) is 22.8 Å². The monoisotopic (exact) mass is 325 g/mol. The fourth-order valence-electron chi connectivity index (χ4n) is 1.91. The highest BCUT2D eigenvalue weighted by molar-refractivity contribution is 7.12. The normalized spacial score (nSPS) is 12.4. The van der Waals surface area contributed by atoms with Crippen LogP contribution in [0.25, 0.3) is 0 Å². The van der Waals surface area contributed by atoms with Crippen LogP contribution in [0.5, 0.6) is 5.75 Å². The van der Waals surface area contributed by atoms with E-state index in [1.165, 1.54) is 15.3 Å². The van der Waals surface area contributed by atoms with E-state index in [1.54, 1.807) is 23.5 Å². The van der Waals surface area contributed by atoms with Crippen molar-refractivity contribution in [1.82, 2.24) is 5.32 Å². The minimum Gasteiger partial charge on any atom is -0.489 e. The van der Waals surface area contributed by atoms with Crippen molar-refractivity contribution >= 4 is 22.9 Å². The maximum Gasteiger partial charge on any atom is 0.138 e. The summed E-state index contributed by atoms with van der Waals surface area (Å²) in [5.41, 5.74) is 1.32. The third kappa shape index (κ3) is 5.00. The summed E-state index contributed by atoms with van der Waals surface area (Å²) in [5, 5.41) is 13.7. The molecule has 5 heteroatoms. The Morgan fingerprint density at radius 3 is 2.76 bits per heavy atom. The highest BCUT2D eigenvalue weighted by Crippen LogP contribution is 2.23. The highest BCUT2D eigenvalue weighted by atomic mass is 35.5. The number of nitrogens with one attached hydrogen (secondary N) is 1. The first-order valence-electron chi connectivity index (χ1n) is 6.88. The maximum absolute atomic E-state index is 9.91. The first kappa shape index (κ1) is 16.3. The molecule has 2 aromatic rings. The number of aliphatic hydroxyl groups excluding tert-OH is 1. The Balaban J connectivity index is 1.70. The second-order valence-electron chi connectivity index (χ2n) is 4.98. The molecular formula is C16H20ClNO2S. The number of aryl methyl sites for hydroxylation is 2. The Labute approximate surface area is 134 Å². The molecule has 114 valence electrons. The van der Waals surface area contributed by atoms with Gasteiger partial charge >= 0.3 is 0 Å². The summed E-state index contributed by atoms with van der Waals surface area (Å²) in [5.74, 6) is 0.600. The first-order chi connectivity index (χ1) is 10.1. The predicted molar refractivity (Wildman–Crippen MR) is 88.5 cm³/mol. The predicted octanol–water partition coefficient (Wildman–Crippen LogP) is 3.55. The van der Waals surface area contributed by atoms with Gasteiger partial charge < -0.3 is 15.2 Å². The third-order valence-corrected chi connectivity index (χ3v) is 4.63. The quantitative estimate of drug-likeness (QED) is 0.818. The van der Waals surface area contributed by atoms with Gasteiger partial charge in [0.1, 0.15) is 18.5 Å². The van der Waals surface area contributed by atoms with Crippen LogP contribution in [0.1, 0.15) is 15.3 Å². The van der Waals surface area contributed by atoms with Gasteiger partial charge in [0.05, 0.1) is 5.02 Å². The van der Waals surface area contributed by atoms with E-state index in [0.29, 0.717) is 17.3 Å². The van der Waals surface area contributed by atoms with Crippen molar-refractivity contribution in [3.63, 3.8) is 0 Å². The third-order valence-electron chi connectivity index (χ3n) is 3.16. The van der Waals surface area contributed by atoms with Gasteiger partial charge in [-0.2, -0.15) is 0 Å². The van der Waals surface area contributed by atoms with E-state index in [1.807, 2.05) is 12.1 Å². The van der Waals surface area contributed by atoms with Crippen LogP contribution in [0.2, 0.25) is 5.02 Å². The van der Waals surface area contributed by atoms with Gasteiger partial charge in [0.25, 0.3) is 0 Å². The van der Waals surface area contributed by atoms with Crippen molar-refractivity contribution in [2.45, 2.75) is 26.5 Å². The average Bonchev–Trinajstić information content (AvgIpc) is 2.77. The lowest BCUT2D eigenvalue weighted by Gasteiger charge is -2.13. The number of para-hydroxylation sites is 1. The molecule has 0 saturated carbocycles. The summed E-state index contributed by atoms with van der Waals surface area (Å²) >= 11 is 7.77. The largest absolute Gasteiger partial charge is 0.489 e. The van der Waals surface area contributed by atoms with Gasteiger partial charge in [-0.1, -0.05) is 23.7 Å². The minimum atomic E-state index is -0.566.